The number of aromatic nitrogens is 2. The lowest BCUT2D eigenvalue weighted by Crippen LogP contribution is -2.22. The molecule has 4 heteroatoms. The van der Waals surface area contributed by atoms with Crippen LogP contribution in [-0.2, 0) is 0 Å². The molecule has 0 fully saturated rings. The zero-order chi connectivity index (χ0) is 10.8. The molecule has 1 aromatic heterocycles. The van der Waals surface area contributed by atoms with E-state index in [-0.39, 0.29) is 11.7 Å². The van der Waals surface area contributed by atoms with Gasteiger partial charge in [-0.15, -0.1) is 0 Å². The summed E-state index contributed by atoms with van der Waals surface area (Å²) in [6.07, 6.45) is 2.99. The van der Waals surface area contributed by atoms with Gasteiger partial charge in [0.25, 0.3) is 0 Å². The number of Topliss-reactive ketones (excluding diaryl/α,β-unsaturated/α-hetero) is 1. The fourth-order valence-electron chi connectivity index (χ4n) is 0.986. The molecule has 0 saturated heterocycles. The van der Waals surface area contributed by atoms with Gasteiger partial charge in [-0.05, 0) is 0 Å². The summed E-state index contributed by atoms with van der Waals surface area (Å²) < 4.78 is 4.97. The van der Waals surface area contributed by atoms with Crippen LogP contribution in [0, 0.1) is 5.41 Å². The second-order valence-corrected chi connectivity index (χ2v) is 3.99. The maximum absolute atomic E-state index is 11.9. The minimum atomic E-state index is -0.469. The van der Waals surface area contributed by atoms with Gasteiger partial charge in [-0.25, -0.2) is 9.97 Å². The van der Waals surface area contributed by atoms with Gasteiger partial charge in [0.1, 0.15) is 0 Å². The molecule has 0 spiro atoms. The Morgan fingerprint density at radius 2 is 1.86 bits per heavy atom. The molecular formula is C10H14N2O2. The summed E-state index contributed by atoms with van der Waals surface area (Å²) in [5.41, 5.74) is -0.175. The number of carbonyl (C=O) groups excluding carboxylic acids is 1. The van der Waals surface area contributed by atoms with E-state index in [2.05, 4.69) is 9.97 Å². The van der Waals surface area contributed by atoms with Crippen LogP contribution in [0.15, 0.2) is 12.4 Å². The van der Waals surface area contributed by atoms with Gasteiger partial charge in [-0.3, -0.25) is 4.79 Å². The van der Waals surface area contributed by atoms with Crippen molar-refractivity contribution < 1.29 is 9.53 Å². The fourth-order valence-corrected chi connectivity index (χ4v) is 0.986. The van der Waals surface area contributed by atoms with Crippen molar-refractivity contribution in [1.82, 2.24) is 9.97 Å². The van der Waals surface area contributed by atoms with Crippen molar-refractivity contribution in [2.24, 2.45) is 5.41 Å². The lowest BCUT2D eigenvalue weighted by Gasteiger charge is -2.16. The molecule has 14 heavy (non-hydrogen) atoms. The maximum Gasteiger partial charge on any atom is 0.243 e. The molecule has 0 saturated carbocycles. The fraction of sp³-hybridized carbons (Fsp3) is 0.500. The third kappa shape index (κ3) is 2.07. The van der Waals surface area contributed by atoms with E-state index >= 15 is 0 Å². The van der Waals surface area contributed by atoms with Gasteiger partial charge in [0.2, 0.25) is 5.88 Å². The normalized spacial score (nSPS) is 11.1. The van der Waals surface area contributed by atoms with E-state index < -0.39 is 5.41 Å². The molecule has 4 nitrogen and oxygen atoms in total. The van der Waals surface area contributed by atoms with Crippen molar-refractivity contribution >= 4 is 5.78 Å². The minimum Gasteiger partial charge on any atom is -0.479 e. The highest BCUT2D eigenvalue weighted by atomic mass is 16.5. The smallest absolute Gasteiger partial charge is 0.243 e. The van der Waals surface area contributed by atoms with Crippen molar-refractivity contribution in [3.63, 3.8) is 0 Å². The summed E-state index contributed by atoms with van der Waals surface area (Å²) >= 11 is 0. The topological polar surface area (TPSA) is 52.1 Å². The van der Waals surface area contributed by atoms with Crippen LogP contribution in [-0.4, -0.2) is 22.9 Å². The highest BCUT2D eigenvalue weighted by Gasteiger charge is 2.27. The molecule has 0 aliphatic heterocycles. The van der Waals surface area contributed by atoms with Gasteiger partial charge in [0.15, 0.2) is 11.5 Å². The molecule has 0 atom stereocenters. The van der Waals surface area contributed by atoms with Gasteiger partial charge >= 0.3 is 0 Å². The van der Waals surface area contributed by atoms with Crippen molar-refractivity contribution in [1.29, 1.82) is 0 Å². The van der Waals surface area contributed by atoms with E-state index in [4.69, 9.17) is 4.74 Å². The van der Waals surface area contributed by atoms with Crippen molar-refractivity contribution in [3.8, 4) is 5.88 Å². The molecule has 0 amide bonds. The van der Waals surface area contributed by atoms with Crippen LogP contribution in [0.25, 0.3) is 0 Å². The van der Waals surface area contributed by atoms with Crippen molar-refractivity contribution in [3.05, 3.63) is 18.1 Å². The summed E-state index contributed by atoms with van der Waals surface area (Å²) in [6, 6.07) is 0. The largest absolute Gasteiger partial charge is 0.479 e. The van der Waals surface area contributed by atoms with Crippen LogP contribution in [0.3, 0.4) is 0 Å². The SMILES string of the molecule is COc1nccnc1C(=O)C(C)(C)C. The van der Waals surface area contributed by atoms with Crippen LogP contribution >= 0.6 is 0 Å². The summed E-state index contributed by atoms with van der Waals surface area (Å²) in [5, 5.41) is 0. The Labute approximate surface area is 83.3 Å². The van der Waals surface area contributed by atoms with Gasteiger partial charge in [-0.2, -0.15) is 0 Å². The van der Waals surface area contributed by atoms with Crippen LogP contribution < -0.4 is 4.74 Å². The summed E-state index contributed by atoms with van der Waals surface area (Å²) in [5.74, 6) is 0.217. The number of methoxy groups -OCH3 is 1. The first kappa shape index (κ1) is 10.6. The van der Waals surface area contributed by atoms with Gasteiger partial charge in [0, 0.05) is 17.8 Å². The van der Waals surface area contributed by atoms with Crippen LogP contribution in [0.4, 0.5) is 0 Å². The van der Waals surface area contributed by atoms with Crippen molar-refractivity contribution in [2.75, 3.05) is 7.11 Å². The molecule has 0 radical (unpaired) electrons. The van der Waals surface area contributed by atoms with Crippen molar-refractivity contribution in [2.45, 2.75) is 20.8 Å². The number of hydrogen-bond acceptors (Lipinski definition) is 4. The van der Waals surface area contributed by atoms with E-state index in [0.717, 1.165) is 0 Å². The Kier molecular flexibility index (Phi) is 2.84. The monoisotopic (exact) mass is 194 g/mol. The molecule has 0 aliphatic carbocycles. The Bertz CT molecular complexity index is 342. The second kappa shape index (κ2) is 3.74. The van der Waals surface area contributed by atoms with Gasteiger partial charge in [-0.1, -0.05) is 20.8 Å². The van der Waals surface area contributed by atoms with Gasteiger partial charge in [0.05, 0.1) is 7.11 Å². The van der Waals surface area contributed by atoms with Crippen LogP contribution in [0.5, 0.6) is 5.88 Å². The molecule has 0 aliphatic rings. The zero-order valence-electron chi connectivity index (χ0n) is 8.87. The Balaban J connectivity index is 3.13. The van der Waals surface area contributed by atoms with E-state index in [1.807, 2.05) is 20.8 Å². The number of ether oxygens (including phenoxy) is 1. The molecule has 1 heterocycles. The molecule has 0 bridgehead atoms. The molecule has 0 unspecified atom stereocenters. The summed E-state index contributed by atoms with van der Waals surface area (Å²) in [4.78, 5) is 19.8. The minimum absolute atomic E-state index is 0.0672. The average Bonchev–Trinajstić information content (AvgIpc) is 2.15. The van der Waals surface area contributed by atoms with E-state index in [1.165, 1.54) is 19.5 Å². The van der Waals surface area contributed by atoms with Crippen LogP contribution in [0.1, 0.15) is 31.3 Å². The molecule has 0 N–H and O–H groups in total. The molecule has 1 rings (SSSR count). The summed E-state index contributed by atoms with van der Waals surface area (Å²) in [7, 11) is 1.48. The molecule has 1 aromatic rings. The number of ketones is 1. The first-order valence-electron chi connectivity index (χ1n) is 4.36. The second-order valence-electron chi connectivity index (χ2n) is 3.99. The third-order valence-electron chi connectivity index (χ3n) is 1.75. The number of rotatable bonds is 2. The van der Waals surface area contributed by atoms with E-state index in [1.54, 1.807) is 0 Å². The first-order chi connectivity index (χ1) is 6.46. The highest BCUT2D eigenvalue weighted by Crippen LogP contribution is 2.23. The van der Waals surface area contributed by atoms with Crippen LogP contribution in [0.2, 0.25) is 0 Å². The third-order valence-corrected chi connectivity index (χ3v) is 1.75. The lowest BCUT2D eigenvalue weighted by atomic mass is 9.89. The molecule has 76 valence electrons. The maximum atomic E-state index is 11.9. The predicted molar refractivity (Wildman–Crippen MR) is 52.4 cm³/mol. The standard InChI is InChI=1S/C10H14N2O2/c1-10(2,3)8(13)7-9(14-4)12-6-5-11-7/h5-6H,1-4H3. The Hall–Kier alpha value is -1.45. The lowest BCUT2D eigenvalue weighted by molar-refractivity contribution is 0.0848. The Morgan fingerprint density at radius 1 is 1.29 bits per heavy atom. The highest BCUT2D eigenvalue weighted by molar-refractivity contribution is 5.99. The quantitative estimate of drug-likeness (QED) is 0.672. The molecule has 0 aromatic carbocycles. The Morgan fingerprint density at radius 3 is 2.36 bits per heavy atom. The first-order valence-corrected chi connectivity index (χ1v) is 4.36. The van der Waals surface area contributed by atoms with Gasteiger partial charge < -0.3 is 4.74 Å². The zero-order valence-corrected chi connectivity index (χ0v) is 8.87. The number of nitrogens with zero attached hydrogens (tertiary/aromatic N) is 2. The predicted octanol–water partition coefficient (Wildman–Crippen LogP) is 1.71. The number of carbonyl (C=O) groups is 1. The molecular weight excluding hydrogens is 180 g/mol. The summed E-state index contributed by atoms with van der Waals surface area (Å²) in [6.45, 7) is 5.51. The average molecular weight is 194 g/mol. The van der Waals surface area contributed by atoms with E-state index in [9.17, 15) is 4.79 Å². The van der Waals surface area contributed by atoms with E-state index in [0.29, 0.717) is 5.69 Å². The number of hydrogen-bond donors (Lipinski definition) is 0.